The van der Waals surface area contributed by atoms with Crippen molar-refractivity contribution in [3.8, 4) is 0 Å². The Labute approximate surface area is 147 Å². The van der Waals surface area contributed by atoms with Gasteiger partial charge in [0.05, 0.1) is 18.4 Å². The smallest absolute Gasteiger partial charge is 0.411 e. The number of hydrogen-bond donors (Lipinski definition) is 2. The topological polar surface area (TPSA) is 87.3 Å². The third kappa shape index (κ3) is 3.80. The zero-order chi connectivity index (χ0) is 17.1. The number of anilines is 2. The van der Waals surface area contributed by atoms with Gasteiger partial charge in [0.2, 0.25) is 0 Å². The van der Waals surface area contributed by atoms with E-state index >= 15 is 0 Å². The number of H-pyrrole nitrogens is 1. The molecular formula is C15H14Cl2N4O3. The highest BCUT2D eigenvalue weighted by Gasteiger charge is 2.27. The highest BCUT2D eigenvalue weighted by molar-refractivity contribution is 6.33. The molecule has 9 heteroatoms. The van der Waals surface area contributed by atoms with Crippen LogP contribution in [0.4, 0.5) is 16.2 Å². The average molecular weight is 369 g/mol. The SMILES string of the molecule is O=C(Nc1ccc(Cl)cc1)O[C@@H]1CCN(c2cn[nH]c(=O)c2Cl)C1. The summed E-state index contributed by atoms with van der Waals surface area (Å²) in [5.41, 5.74) is 0.685. The number of benzene rings is 1. The highest BCUT2D eigenvalue weighted by atomic mass is 35.5. The van der Waals surface area contributed by atoms with Crippen molar-refractivity contribution in [1.82, 2.24) is 10.2 Å². The van der Waals surface area contributed by atoms with Crippen molar-refractivity contribution in [1.29, 1.82) is 0 Å². The van der Waals surface area contributed by atoms with Gasteiger partial charge in [-0.3, -0.25) is 10.1 Å². The molecule has 126 valence electrons. The summed E-state index contributed by atoms with van der Waals surface area (Å²) in [5, 5.41) is 9.32. The fourth-order valence-corrected chi connectivity index (χ4v) is 2.81. The number of amides is 1. The minimum Gasteiger partial charge on any atom is -0.444 e. The maximum absolute atomic E-state index is 11.9. The van der Waals surface area contributed by atoms with E-state index in [1.165, 1.54) is 6.20 Å². The third-order valence-corrected chi connectivity index (χ3v) is 4.24. The Morgan fingerprint density at radius 1 is 1.33 bits per heavy atom. The lowest BCUT2D eigenvalue weighted by Crippen LogP contribution is -2.28. The second kappa shape index (κ2) is 7.11. The van der Waals surface area contributed by atoms with Gasteiger partial charge in [0.1, 0.15) is 11.1 Å². The van der Waals surface area contributed by atoms with E-state index in [0.29, 0.717) is 35.9 Å². The molecule has 1 aromatic heterocycles. The number of rotatable bonds is 3. The van der Waals surface area contributed by atoms with Crippen molar-refractivity contribution in [3.05, 3.63) is 50.9 Å². The summed E-state index contributed by atoms with van der Waals surface area (Å²) in [4.78, 5) is 25.3. The zero-order valence-corrected chi connectivity index (χ0v) is 14.0. The van der Waals surface area contributed by atoms with Gasteiger partial charge in [-0.15, -0.1) is 0 Å². The average Bonchev–Trinajstić information content (AvgIpc) is 3.00. The van der Waals surface area contributed by atoms with Crippen molar-refractivity contribution in [3.63, 3.8) is 0 Å². The number of aromatic amines is 1. The maximum atomic E-state index is 11.9. The maximum Gasteiger partial charge on any atom is 0.411 e. The second-order valence-corrected chi connectivity index (χ2v) is 6.11. The normalized spacial score (nSPS) is 16.9. The molecule has 1 aliphatic heterocycles. The van der Waals surface area contributed by atoms with Crippen LogP contribution in [-0.2, 0) is 4.74 Å². The molecule has 2 aromatic rings. The molecule has 1 amide bonds. The summed E-state index contributed by atoms with van der Waals surface area (Å²) in [6, 6.07) is 6.73. The molecule has 0 unspecified atom stereocenters. The number of carbonyl (C=O) groups is 1. The zero-order valence-electron chi connectivity index (χ0n) is 12.5. The summed E-state index contributed by atoms with van der Waals surface area (Å²) in [6.45, 7) is 1.06. The molecule has 0 saturated carbocycles. The second-order valence-electron chi connectivity index (χ2n) is 5.29. The minimum absolute atomic E-state index is 0.0799. The van der Waals surface area contributed by atoms with Crippen molar-refractivity contribution < 1.29 is 9.53 Å². The van der Waals surface area contributed by atoms with E-state index in [0.717, 1.165) is 0 Å². The fourth-order valence-electron chi connectivity index (χ4n) is 2.47. The molecule has 7 nitrogen and oxygen atoms in total. The summed E-state index contributed by atoms with van der Waals surface area (Å²) in [6.07, 6.45) is 1.28. The van der Waals surface area contributed by atoms with Gasteiger partial charge in [-0.1, -0.05) is 23.2 Å². The lowest BCUT2D eigenvalue weighted by Gasteiger charge is -2.18. The van der Waals surface area contributed by atoms with E-state index in [2.05, 4.69) is 15.5 Å². The summed E-state index contributed by atoms with van der Waals surface area (Å²) in [7, 11) is 0. The molecule has 0 spiro atoms. The number of nitrogens with one attached hydrogen (secondary N) is 2. The predicted octanol–water partition coefficient (Wildman–Crippen LogP) is 2.90. The van der Waals surface area contributed by atoms with Gasteiger partial charge in [0.15, 0.2) is 0 Å². The molecule has 1 atom stereocenters. The molecule has 1 aliphatic rings. The van der Waals surface area contributed by atoms with Gasteiger partial charge in [0, 0.05) is 23.7 Å². The first-order chi connectivity index (χ1) is 11.5. The Hall–Kier alpha value is -2.25. The van der Waals surface area contributed by atoms with Gasteiger partial charge < -0.3 is 9.64 Å². The van der Waals surface area contributed by atoms with Crippen LogP contribution < -0.4 is 15.8 Å². The van der Waals surface area contributed by atoms with Gasteiger partial charge >= 0.3 is 6.09 Å². The summed E-state index contributed by atoms with van der Waals surface area (Å²) in [5.74, 6) is 0. The molecule has 0 bridgehead atoms. The Bertz CT molecular complexity index is 794. The molecule has 1 aromatic carbocycles. The number of nitrogens with zero attached hydrogens (tertiary/aromatic N) is 2. The summed E-state index contributed by atoms with van der Waals surface area (Å²) < 4.78 is 5.39. The fraction of sp³-hybridized carbons (Fsp3) is 0.267. The minimum atomic E-state index is -0.542. The van der Waals surface area contributed by atoms with Crippen LogP contribution in [0.3, 0.4) is 0 Å². The van der Waals surface area contributed by atoms with Crippen LogP contribution in [-0.4, -0.2) is 35.5 Å². The van der Waals surface area contributed by atoms with Crippen molar-refractivity contribution >= 4 is 40.7 Å². The predicted molar refractivity (Wildman–Crippen MR) is 92.0 cm³/mol. The first-order valence-electron chi connectivity index (χ1n) is 7.24. The highest BCUT2D eigenvalue weighted by Crippen LogP contribution is 2.26. The molecule has 3 rings (SSSR count). The number of carbonyl (C=O) groups excluding carboxylic acids is 1. The van der Waals surface area contributed by atoms with Crippen LogP contribution in [0.5, 0.6) is 0 Å². The first kappa shape index (κ1) is 16.6. The van der Waals surface area contributed by atoms with Gasteiger partial charge in [-0.05, 0) is 24.3 Å². The Balaban J connectivity index is 1.58. The molecule has 0 radical (unpaired) electrons. The number of halogens is 2. The van der Waals surface area contributed by atoms with Crippen LogP contribution in [0.2, 0.25) is 10.0 Å². The Morgan fingerprint density at radius 3 is 2.83 bits per heavy atom. The van der Waals surface area contributed by atoms with Gasteiger partial charge in [-0.25, -0.2) is 9.89 Å². The molecule has 24 heavy (non-hydrogen) atoms. The molecule has 1 fully saturated rings. The van der Waals surface area contributed by atoms with Crippen molar-refractivity contribution in [2.75, 3.05) is 23.3 Å². The lowest BCUT2D eigenvalue weighted by atomic mass is 10.3. The standard InChI is InChI=1S/C15H14Cl2N4O3/c16-9-1-3-10(4-2-9)19-15(23)24-11-5-6-21(8-11)12-7-18-20-14(22)13(12)17/h1-4,7,11H,5-6,8H2,(H,19,23)(H,20,22)/t11-/m1/s1. The van der Waals surface area contributed by atoms with Crippen LogP contribution in [0, 0.1) is 0 Å². The number of hydrogen-bond acceptors (Lipinski definition) is 5. The van der Waals surface area contributed by atoms with E-state index < -0.39 is 11.7 Å². The van der Waals surface area contributed by atoms with E-state index in [1.54, 1.807) is 24.3 Å². The Morgan fingerprint density at radius 2 is 2.08 bits per heavy atom. The molecule has 2 N–H and O–H groups in total. The molecule has 1 saturated heterocycles. The van der Waals surface area contributed by atoms with Gasteiger partial charge in [0.25, 0.3) is 5.56 Å². The van der Waals surface area contributed by atoms with Crippen LogP contribution >= 0.6 is 23.2 Å². The van der Waals surface area contributed by atoms with Crippen LogP contribution in [0.1, 0.15) is 6.42 Å². The third-order valence-electron chi connectivity index (χ3n) is 3.63. The number of aromatic nitrogens is 2. The first-order valence-corrected chi connectivity index (χ1v) is 8.00. The molecule has 2 heterocycles. The lowest BCUT2D eigenvalue weighted by molar-refractivity contribution is 0.122. The van der Waals surface area contributed by atoms with E-state index in [4.69, 9.17) is 27.9 Å². The molecular weight excluding hydrogens is 355 g/mol. The van der Waals surface area contributed by atoms with Crippen molar-refractivity contribution in [2.24, 2.45) is 0 Å². The number of ether oxygens (including phenoxy) is 1. The van der Waals surface area contributed by atoms with Crippen LogP contribution in [0.15, 0.2) is 35.3 Å². The van der Waals surface area contributed by atoms with Crippen LogP contribution in [0.25, 0.3) is 0 Å². The van der Waals surface area contributed by atoms with E-state index in [9.17, 15) is 9.59 Å². The monoisotopic (exact) mass is 368 g/mol. The van der Waals surface area contributed by atoms with Gasteiger partial charge in [-0.2, -0.15) is 5.10 Å². The Kier molecular flexibility index (Phi) is 4.92. The molecule has 0 aliphatic carbocycles. The largest absolute Gasteiger partial charge is 0.444 e. The quantitative estimate of drug-likeness (QED) is 0.869. The summed E-state index contributed by atoms with van der Waals surface area (Å²) >= 11 is 11.8. The van der Waals surface area contributed by atoms with E-state index in [1.807, 2.05) is 4.90 Å². The van der Waals surface area contributed by atoms with E-state index in [-0.39, 0.29) is 11.1 Å². The van der Waals surface area contributed by atoms with Crippen molar-refractivity contribution in [2.45, 2.75) is 12.5 Å².